The molecule has 0 N–H and O–H groups in total. The molecule has 29 heavy (non-hydrogen) atoms. The van der Waals surface area contributed by atoms with Crippen LogP contribution < -0.4 is 5.56 Å². The molecule has 0 spiro atoms. The number of aromatic nitrogens is 2. The van der Waals surface area contributed by atoms with Crippen LogP contribution in [-0.2, 0) is 19.4 Å². The monoisotopic (exact) mass is 399 g/mol. The third kappa shape index (κ3) is 3.59. The number of benzene rings is 2. The van der Waals surface area contributed by atoms with E-state index in [1.54, 1.807) is 10.6 Å². The molecule has 0 aliphatic rings. The van der Waals surface area contributed by atoms with Crippen LogP contribution in [0.5, 0.6) is 0 Å². The highest BCUT2D eigenvalue weighted by atomic mass is 32.1. The van der Waals surface area contributed by atoms with Crippen LogP contribution in [0.2, 0.25) is 0 Å². The summed E-state index contributed by atoms with van der Waals surface area (Å²) >= 11 is 1.52. The largest absolute Gasteiger partial charge is 0.292 e. The average Bonchev–Trinajstić information content (AvgIpc) is 3.20. The Kier molecular flexibility index (Phi) is 5.28. The zero-order chi connectivity index (χ0) is 20.4. The molecule has 0 radical (unpaired) electrons. The van der Waals surface area contributed by atoms with Crippen molar-refractivity contribution in [2.24, 2.45) is 0 Å². The summed E-state index contributed by atoms with van der Waals surface area (Å²) in [5.74, 6) is 0.764. The Morgan fingerprint density at radius 1 is 1.07 bits per heavy atom. The molecule has 4 rings (SSSR count). The summed E-state index contributed by atoms with van der Waals surface area (Å²) in [6, 6.07) is 17.9. The van der Waals surface area contributed by atoms with Crippen molar-refractivity contribution in [2.45, 2.75) is 33.2 Å². The highest BCUT2D eigenvalue weighted by Crippen LogP contribution is 2.31. The van der Waals surface area contributed by atoms with Crippen molar-refractivity contribution in [1.29, 1.82) is 5.26 Å². The van der Waals surface area contributed by atoms with E-state index in [2.05, 4.69) is 37.3 Å². The Morgan fingerprint density at radius 2 is 1.86 bits per heavy atom. The smallest absolute Gasteiger partial charge is 0.263 e. The summed E-state index contributed by atoms with van der Waals surface area (Å²) in [4.78, 5) is 19.1. The maximum Gasteiger partial charge on any atom is 0.263 e. The van der Waals surface area contributed by atoms with Crippen molar-refractivity contribution in [3.63, 3.8) is 0 Å². The lowest BCUT2D eigenvalue weighted by atomic mass is 10.0. The molecule has 2 aromatic heterocycles. The molecule has 5 heteroatoms. The molecule has 0 saturated carbocycles. The number of aryl methyl sites for hydroxylation is 2. The first-order chi connectivity index (χ1) is 14.1. The van der Waals surface area contributed by atoms with Gasteiger partial charge in [-0.1, -0.05) is 50.2 Å². The Balaban J connectivity index is 1.86. The number of rotatable bonds is 5. The van der Waals surface area contributed by atoms with Gasteiger partial charge in [0.1, 0.15) is 10.7 Å². The van der Waals surface area contributed by atoms with Gasteiger partial charge in [0.25, 0.3) is 5.56 Å². The molecule has 0 atom stereocenters. The Bertz CT molecular complexity index is 1280. The van der Waals surface area contributed by atoms with Gasteiger partial charge in [0.05, 0.1) is 23.6 Å². The summed E-state index contributed by atoms with van der Waals surface area (Å²) in [6.45, 7) is 4.55. The van der Waals surface area contributed by atoms with E-state index in [4.69, 9.17) is 10.2 Å². The minimum absolute atomic E-state index is 0.0231. The van der Waals surface area contributed by atoms with E-state index < -0.39 is 0 Å². The van der Waals surface area contributed by atoms with Crippen molar-refractivity contribution in [3.05, 3.63) is 86.8 Å². The number of nitriles is 1. The summed E-state index contributed by atoms with van der Waals surface area (Å²) in [7, 11) is 0. The zero-order valence-electron chi connectivity index (χ0n) is 16.5. The predicted octanol–water partition coefficient (Wildman–Crippen LogP) is 5.17. The lowest BCUT2D eigenvalue weighted by Gasteiger charge is -2.12. The quantitative estimate of drug-likeness (QED) is 0.465. The molecule has 0 bridgehead atoms. The standard InChI is InChI=1S/C24H21N3OS/c1-3-16-8-10-19(11-9-16)20-15-29-23-22(20)24(28)27(21(4-2)26-23)14-18-7-5-6-17(12-18)13-25/h5-12,15H,3-4,14H2,1-2H3. The van der Waals surface area contributed by atoms with Gasteiger partial charge in [-0.15, -0.1) is 11.3 Å². The lowest BCUT2D eigenvalue weighted by molar-refractivity contribution is 0.687. The van der Waals surface area contributed by atoms with Gasteiger partial charge in [-0.05, 0) is 35.2 Å². The minimum Gasteiger partial charge on any atom is -0.292 e. The van der Waals surface area contributed by atoms with Gasteiger partial charge < -0.3 is 0 Å². The maximum atomic E-state index is 13.5. The topological polar surface area (TPSA) is 58.7 Å². The van der Waals surface area contributed by atoms with Gasteiger partial charge in [-0.25, -0.2) is 4.98 Å². The molecule has 0 fully saturated rings. The first kappa shape index (κ1) is 19.1. The van der Waals surface area contributed by atoms with Crippen molar-refractivity contribution in [2.75, 3.05) is 0 Å². The van der Waals surface area contributed by atoms with Gasteiger partial charge >= 0.3 is 0 Å². The number of thiophene rings is 1. The van der Waals surface area contributed by atoms with Crippen molar-refractivity contribution in [1.82, 2.24) is 9.55 Å². The SMILES string of the molecule is CCc1ccc(-c2csc3nc(CC)n(Cc4cccc(C#N)c4)c(=O)c23)cc1. The van der Waals surface area contributed by atoms with E-state index in [1.807, 2.05) is 30.5 Å². The second-order valence-electron chi connectivity index (χ2n) is 6.97. The van der Waals surface area contributed by atoms with Crippen LogP contribution in [-0.4, -0.2) is 9.55 Å². The highest BCUT2D eigenvalue weighted by molar-refractivity contribution is 7.17. The molecule has 144 valence electrons. The van der Waals surface area contributed by atoms with Crippen LogP contribution in [0.1, 0.15) is 36.4 Å². The zero-order valence-corrected chi connectivity index (χ0v) is 17.3. The summed E-state index contributed by atoms with van der Waals surface area (Å²) in [5, 5.41) is 11.9. The molecule has 2 aromatic carbocycles. The summed E-state index contributed by atoms with van der Waals surface area (Å²) in [6.07, 6.45) is 1.65. The average molecular weight is 400 g/mol. The molecule has 4 aromatic rings. The third-order valence-corrected chi connectivity index (χ3v) is 6.03. The maximum absolute atomic E-state index is 13.5. The van der Waals surface area contributed by atoms with Gasteiger partial charge in [0.2, 0.25) is 0 Å². The summed E-state index contributed by atoms with van der Waals surface area (Å²) in [5.41, 5.74) is 4.74. The molecular formula is C24H21N3OS. The third-order valence-electron chi connectivity index (χ3n) is 5.16. The van der Waals surface area contributed by atoms with Crippen LogP contribution in [0.15, 0.2) is 58.7 Å². The van der Waals surface area contributed by atoms with Crippen LogP contribution in [0.4, 0.5) is 0 Å². The van der Waals surface area contributed by atoms with E-state index in [0.717, 1.165) is 33.8 Å². The second kappa shape index (κ2) is 8.02. The summed E-state index contributed by atoms with van der Waals surface area (Å²) < 4.78 is 1.75. The second-order valence-corrected chi connectivity index (χ2v) is 7.82. The fourth-order valence-corrected chi connectivity index (χ4v) is 4.51. The number of hydrogen-bond acceptors (Lipinski definition) is 4. The van der Waals surface area contributed by atoms with Crippen molar-refractivity contribution in [3.8, 4) is 17.2 Å². The molecule has 4 nitrogen and oxygen atoms in total. The number of fused-ring (bicyclic) bond motifs is 1. The van der Waals surface area contributed by atoms with Crippen LogP contribution in [0.25, 0.3) is 21.3 Å². The Hall–Kier alpha value is -3.23. The fraction of sp³-hybridized carbons (Fsp3) is 0.208. The number of nitrogens with zero attached hydrogens (tertiary/aromatic N) is 3. The van der Waals surface area contributed by atoms with Gasteiger partial charge in [-0.2, -0.15) is 5.26 Å². The molecule has 0 aliphatic carbocycles. The molecule has 2 heterocycles. The van der Waals surface area contributed by atoms with E-state index in [-0.39, 0.29) is 5.56 Å². The molecule has 0 unspecified atom stereocenters. The highest BCUT2D eigenvalue weighted by Gasteiger charge is 2.16. The van der Waals surface area contributed by atoms with E-state index in [0.29, 0.717) is 23.9 Å². The van der Waals surface area contributed by atoms with Crippen molar-refractivity contribution >= 4 is 21.6 Å². The molecular weight excluding hydrogens is 378 g/mol. The first-order valence-corrected chi connectivity index (χ1v) is 10.6. The Morgan fingerprint density at radius 3 is 2.55 bits per heavy atom. The minimum atomic E-state index is -0.0231. The van der Waals surface area contributed by atoms with Gasteiger partial charge in [0, 0.05) is 17.4 Å². The normalized spacial score (nSPS) is 10.9. The first-order valence-electron chi connectivity index (χ1n) is 9.73. The molecule has 0 saturated heterocycles. The molecule has 0 aliphatic heterocycles. The van der Waals surface area contributed by atoms with Crippen LogP contribution >= 0.6 is 11.3 Å². The fourth-order valence-electron chi connectivity index (χ4n) is 3.55. The van der Waals surface area contributed by atoms with E-state index in [9.17, 15) is 4.79 Å². The van der Waals surface area contributed by atoms with Crippen molar-refractivity contribution < 1.29 is 0 Å². The Labute approximate surface area is 173 Å². The van der Waals surface area contributed by atoms with E-state index >= 15 is 0 Å². The van der Waals surface area contributed by atoms with Crippen LogP contribution in [0, 0.1) is 11.3 Å². The predicted molar refractivity (Wildman–Crippen MR) is 118 cm³/mol. The van der Waals surface area contributed by atoms with E-state index in [1.165, 1.54) is 16.9 Å². The molecule has 0 amide bonds. The lowest BCUT2D eigenvalue weighted by Crippen LogP contribution is -2.25. The van der Waals surface area contributed by atoms with Crippen LogP contribution in [0.3, 0.4) is 0 Å². The van der Waals surface area contributed by atoms with Gasteiger partial charge in [-0.3, -0.25) is 9.36 Å². The number of hydrogen-bond donors (Lipinski definition) is 0. The van der Waals surface area contributed by atoms with Gasteiger partial charge in [0.15, 0.2) is 0 Å².